The van der Waals surface area contributed by atoms with Crippen molar-refractivity contribution in [2.24, 2.45) is 0 Å². The summed E-state index contributed by atoms with van der Waals surface area (Å²) in [4.78, 5) is 23.0. The normalized spacial score (nSPS) is 16.6. The van der Waals surface area contributed by atoms with Crippen molar-refractivity contribution in [3.05, 3.63) is 47.9 Å². The molecule has 1 amide bonds. The van der Waals surface area contributed by atoms with Gasteiger partial charge in [0.15, 0.2) is 0 Å². The Morgan fingerprint density at radius 3 is 2.88 bits per heavy atom. The van der Waals surface area contributed by atoms with Gasteiger partial charge in [-0.1, -0.05) is 12.1 Å². The number of hydrogen-bond donors (Lipinski definition) is 1. The summed E-state index contributed by atoms with van der Waals surface area (Å²) >= 11 is 0. The highest BCUT2D eigenvalue weighted by Gasteiger charge is 2.18. The Morgan fingerprint density at radius 2 is 2.24 bits per heavy atom. The SMILES string of the molecule is CCN(C(=O)c1cnc(NCC2CCCO2)cn1)c1cccc(C)c1. The number of hydrogen-bond acceptors (Lipinski definition) is 5. The Balaban J connectivity index is 1.66. The molecule has 132 valence electrons. The molecule has 1 aromatic carbocycles. The van der Waals surface area contributed by atoms with E-state index in [1.165, 1.54) is 6.20 Å². The fourth-order valence-electron chi connectivity index (χ4n) is 2.93. The van der Waals surface area contributed by atoms with E-state index in [1.807, 2.05) is 38.1 Å². The summed E-state index contributed by atoms with van der Waals surface area (Å²) < 4.78 is 5.57. The number of carbonyl (C=O) groups excluding carboxylic acids is 1. The highest BCUT2D eigenvalue weighted by molar-refractivity contribution is 6.04. The maximum Gasteiger partial charge on any atom is 0.278 e. The van der Waals surface area contributed by atoms with Gasteiger partial charge in [0.25, 0.3) is 5.91 Å². The molecule has 1 aliphatic rings. The van der Waals surface area contributed by atoms with Crippen molar-refractivity contribution in [3.63, 3.8) is 0 Å². The van der Waals surface area contributed by atoms with E-state index in [9.17, 15) is 4.79 Å². The molecule has 2 aromatic rings. The smallest absolute Gasteiger partial charge is 0.278 e. The second kappa shape index (κ2) is 8.07. The van der Waals surface area contributed by atoms with Crippen molar-refractivity contribution in [1.82, 2.24) is 9.97 Å². The minimum absolute atomic E-state index is 0.147. The fourth-order valence-corrected chi connectivity index (χ4v) is 2.93. The van der Waals surface area contributed by atoms with Gasteiger partial charge in [0.05, 0.1) is 18.5 Å². The molecular formula is C19H24N4O2. The number of aromatic nitrogens is 2. The van der Waals surface area contributed by atoms with E-state index in [4.69, 9.17) is 4.74 Å². The van der Waals surface area contributed by atoms with Gasteiger partial charge >= 0.3 is 0 Å². The number of carbonyl (C=O) groups is 1. The van der Waals surface area contributed by atoms with E-state index >= 15 is 0 Å². The van der Waals surface area contributed by atoms with Crippen LogP contribution in [-0.4, -0.2) is 41.7 Å². The van der Waals surface area contributed by atoms with Crippen molar-refractivity contribution >= 4 is 17.4 Å². The molecule has 6 heteroatoms. The molecule has 0 bridgehead atoms. The molecule has 1 aliphatic heterocycles. The van der Waals surface area contributed by atoms with Gasteiger partial charge in [-0.2, -0.15) is 0 Å². The molecule has 3 rings (SSSR count). The number of ether oxygens (including phenoxy) is 1. The second-order valence-corrected chi connectivity index (χ2v) is 6.19. The van der Waals surface area contributed by atoms with Crippen molar-refractivity contribution in [1.29, 1.82) is 0 Å². The molecule has 1 fully saturated rings. The number of aryl methyl sites for hydroxylation is 1. The minimum atomic E-state index is -0.147. The molecule has 1 atom stereocenters. The van der Waals surface area contributed by atoms with E-state index in [-0.39, 0.29) is 12.0 Å². The van der Waals surface area contributed by atoms with Crippen LogP contribution in [0.3, 0.4) is 0 Å². The minimum Gasteiger partial charge on any atom is -0.376 e. The molecule has 1 unspecified atom stereocenters. The molecule has 0 spiro atoms. The van der Waals surface area contributed by atoms with Gasteiger partial charge in [0, 0.05) is 25.4 Å². The molecule has 2 heterocycles. The summed E-state index contributed by atoms with van der Waals surface area (Å²) in [6.07, 6.45) is 5.54. The quantitative estimate of drug-likeness (QED) is 0.875. The van der Waals surface area contributed by atoms with Gasteiger partial charge in [-0.3, -0.25) is 4.79 Å². The summed E-state index contributed by atoms with van der Waals surface area (Å²) in [5.74, 6) is 0.511. The average molecular weight is 340 g/mol. The number of rotatable bonds is 6. The van der Waals surface area contributed by atoms with Crippen LogP contribution in [0.5, 0.6) is 0 Å². The number of nitrogens with one attached hydrogen (secondary N) is 1. The van der Waals surface area contributed by atoms with Crippen LogP contribution >= 0.6 is 0 Å². The van der Waals surface area contributed by atoms with Gasteiger partial charge in [0.1, 0.15) is 11.5 Å². The molecule has 1 saturated heterocycles. The van der Waals surface area contributed by atoms with E-state index in [0.29, 0.717) is 24.6 Å². The number of anilines is 2. The lowest BCUT2D eigenvalue weighted by atomic mass is 10.2. The van der Waals surface area contributed by atoms with Crippen LogP contribution in [0.4, 0.5) is 11.5 Å². The predicted molar refractivity (Wildman–Crippen MR) is 98.0 cm³/mol. The monoisotopic (exact) mass is 340 g/mol. The lowest BCUT2D eigenvalue weighted by Crippen LogP contribution is -2.31. The van der Waals surface area contributed by atoms with E-state index in [2.05, 4.69) is 15.3 Å². The topological polar surface area (TPSA) is 67.4 Å². The van der Waals surface area contributed by atoms with Crippen LogP contribution in [-0.2, 0) is 4.74 Å². The lowest BCUT2D eigenvalue weighted by Gasteiger charge is -2.21. The maximum absolute atomic E-state index is 12.7. The van der Waals surface area contributed by atoms with Crippen LogP contribution in [0.1, 0.15) is 35.8 Å². The van der Waals surface area contributed by atoms with Crippen LogP contribution < -0.4 is 10.2 Å². The number of nitrogens with zero attached hydrogens (tertiary/aromatic N) is 3. The van der Waals surface area contributed by atoms with Crippen LogP contribution in [0.2, 0.25) is 0 Å². The Kier molecular flexibility index (Phi) is 5.60. The Bertz CT molecular complexity index is 712. The van der Waals surface area contributed by atoms with Gasteiger partial charge in [-0.05, 0) is 44.4 Å². The summed E-state index contributed by atoms with van der Waals surface area (Å²) in [5, 5.41) is 3.21. The Hall–Kier alpha value is -2.47. The molecule has 6 nitrogen and oxygen atoms in total. The largest absolute Gasteiger partial charge is 0.376 e. The number of amides is 1. The first-order chi connectivity index (χ1) is 12.2. The Labute approximate surface area is 148 Å². The van der Waals surface area contributed by atoms with Crippen LogP contribution in [0, 0.1) is 6.92 Å². The van der Waals surface area contributed by atoms with Gasteiger partial charge < -0.3 is 15.0 Å². The summed E-state index contributed by atoms with van der Waals surface area (Å²) in [6, 6.07) is 7.88. The van der Waals surface area contributed by atoms with Gasteiger partial charge in [0.2, 0.25) is 0 Å². The van der Waals surface area contributed by atoms with E-state index in [0.717, 1.165) is 30.7 Å². The molecule has 0 saturated carbocycles. The Morgan fingerprint density at radius 1 is 1.36 bits per heavy atom. The van der Waals surface area contributed by atoms with Crippen molar-refractivity contribution in [2.45, 2.75) is 32.8 Å². The molecule has 0 radical (unpaired) electrons. The summed E-state index contributed by atoms with van der Waals surface area (Å²) in [6.45, 7) is 6.08. The second-order valence-electron chi connectivity index (χ2n) is 6.19. The zero-order valence-corrected chi connectivity index (χ0v) is 14.7. The average Bonchev–Trinajstić information content (AvgIpc) is 3.15. The van der Waals surface area contributed by atoms with Crippen molar-refractivity contribution in [3.8, 4) is 0 Å². The first kappa shape index (κ1) is 17.4. The standard InChI is InChI=1S/C19H24N4O2/c1-3-23(15-7-4-6-14(2)10-15)19(24)17-12-22-18(13-20-17)21-11-16-8-5-9-25-16/h4,6-7,10,12-13,16H,3,5,8-9,11H2,1-2H3,(H,21,22). The highest BCUT2D eigenvalue weighted by Crippen LogP contribution is 2.18. The fraction of sp³-hybridized carbons (Fsp3) is 0.421. The molecule has 1 aromatic heterocycles. The van der Waals surface area contributed by atoms with Crippen molar-refractivity contribution in [2.75, 3.05) is 29.9 Å². The number of benzene rings is 1. The molecule has 25 heavy (non-hydrogen) atoms. The van der Waals surface area contributed by atoms with Gasteiger partial charge in [-0.25, -0.2) is 9.97 Å². The molecule has 0 aliphatic carbocycles. The zero-order valence-electron chi connectivity index (χ0n) is 14.7. The first-order valence-electron chi connectivity index (χ1n) is 8.73. The van der Waals surface area contributed by atoms with E-state index < -0.39 is 0 Å². The van der Waals surface area contributed by atoms with Gasteiger partial charge in [-0.15, -0.1) is 0 Å². The van der Waals surface area contributed by atoms with Crippen LogP contribution in [0.15, 0.2) is 36.7 Å². The van der Waals surface area contributed by atoms with Crippen molar-refractivity contribution < 1.29 is 9.53 Å². The zero-order chi connectivity index (χ0) is 17.6. The van der Waals surface area contributed by atoms with Crippen LogP contribution in [0.25, 0.3) is 0 Å². The third-order valence-corrected chi connectivity index (χ3v) is 4.28. The first-order valence-corrected chi connectivity index (χ1v) is 8.73. The predicted octanol–water partition coefficient (Wildman–Crippen LogP) is 3.04. The van der Waals surface area contributed by atoms with E-state index in [1.54, 1.807) is 11.1 Å². The molecular weight excluding hydrogens is 316 g/mol. The summed E-state index contributed by atoms with van der Waals surface area (Å²) in [7, 11) is 0. The highest BCUT2D eigenvalue weighted by atomic mass is 16.5. The lowest BCUT2D eigenvalue weighted by molar-refractivity contribution is 0.0983. The summed E-state index contributed by atoms with van der Waals surface area (Å²) in [5.41, 5.74) is 2.32. The third-order valence-electron chi connectivity index (χ3n) is 4.28. The molecule has 1 N–H and O–H groups in total. The maximum atomic E-state index is 12.7. The third kappa shape index (κ3) is 4.33.